The second kappa shape index (κ2) is 4.10. The first-order chi connectivity index (χ1) is 8.47. The van der Waals surface area contributed by atoms with Crippen LogP contribution >= 0.6 is 0 Å². The Bertz CT molecular complexity index is 708. The van der Waals surface area contributed by atoms with E-state index in [9.17, 15) is 18.4 Å². The Morgan fingerprint density at radius 1 is 1.44 bits per heavy atom. The van der Waals surface area contributed by atoms with Crippen molar-refractivity contribution in [3.63, 3.8) is 0 Å². The van der Waals surface area contributed by atoms with Crippen LogP contribution in [0.2, 0.25) is 0 Å². The molecule has 2 rings (SSSR count). The van der Waals surface area contributed by atoms with Crippen molar-refractivity contribution in [2.75, 3.05) is 7.11 Å². The van der Waals surface area contributed by atoms with Crippen molar-refractivity contribution in [2.24, 2.45) is 0 Å². The second-order valence-electron chi connectivity index (χ2n) is 3.46. The number of carboxylic acid groups (broad SMARTS) is 1. The molecular weight excluding hydrogens is 248 g/mol. The van der Waals surface area contributed by atoms with E-state index in [0.29, 0.717) is 6.07 Å². The molecule has 2 aromatic rings. The molecule has 94 valence electrons. The number of halogens is 2. The second-order valence-corrected chi connectivity index (χ2v) is 3.46. The smallest absolute Gasteiger partial charge is 0.341 e. The third-order valence-electron chi connectivity index (χ3n) is 2.46. The summed E-state index contributed by atoms with van der Waals surface area (Å²) in [6.45, 7) is 0. The highest BCUT2D eigenvalue weighted by atomic mass is 19.2. The van der Waals surface area contributed by atoms with Crippen LogP contribution in [0.25, 0.3) is 10.9 Å². The van der Waals surface area contributed by atoms with E-state index in [1.54, 1.807) is 0 Å². The predicted octanol–water partition coefficient (Wildman–Crippen LogP) is 1.51. The molecule has 1 heterocycles. The van der Waals surface area contributed by atoms with Crippen molar-refractivity contribution in [3.05, 3.63) is 39.7 Å². The van der Waals surface area contributed by atoms with E-state index in [2.05, 4.69) is 9.72 Å². The maximum Gasteiger partial charge on any atom is 0.341 e. The number of pyridine rings is 1. The molecule has 0 radical (unpaired) electrons. The normalized spacial score (nSPS) is 10.6. The lowest BCUT2D eigenvalue weighted by molar-refractivity contribution is 0.0695. The fourth-order valence-electron chi connectivity index (χ4n) is 1.63. The van der Waals surface area contributed by atoms with Crippen LogP contribution in [-0.4, -0.2) is 23.2 Å². The number of hydrogen-bond donors (Lipinski definition) is 2. The Hall–Kier alpha value is -2.44. The van der Waals surface area contributed by atoms with E-state index in [0.717, 1.165) is 13.3 Å². The SMILES string of the molecule is COc1c(F)c(F)cc2c(=O)c(C(=O)O)c[nH]c12. The molecule has 18 heavy (non-hydrogen) atoms. The third kappa shape index (κ3) is 1.60. The molecule has 1 aromatic heterocycles. The minimum atomic E-state index is -1.46. The summed E-state index contributed by atoms with van der Waals surface area (Å²) in [6.07, 6.45) is 0.910. The average molecular weight is 255 g/mol. The summed E-state index contributed by atoms with van der Waals surface area (Å²) < 4.78 is 31.3. The number of aromatic amines is 1. The molecule has 7 heteroatoms. The molecule has 0 bridgehead atoms. The van der Waals surface area contributed by atoms with E-state index in [1.165, 1.54) is 0 Å². The van der Waals surface area contributed by atoms with E-state index in [1.807, 2.05) is 0 Å². The van der Waals surface area contributed by atoms with Crippen molar-refractivity contribution in [2.45, 2.75) is 0 Å². The van der Waals surface area contributed by atoms with Crippen LogP contribution in [-0.2, 0) is 0 Å². The van der Waals surface area contributed by atoms with Gasteiger partial charge in [-0.2, -0.15) is 4.39 Å². The minimum Gasteiger partial charge on any atom is -0.491 e. The predicted molar refractivity (Wildman–Crippen MR) is 58.0 cm³/mol. The zero-order valence-corrected chi connectivity index (χ0v) is 9.08. The van der Waals surface area contributed by atoms with Gasteiger partial charge in [0, 0.05) is 6.20 Å². The number of methoxy groups -OCH3 is 1. The van der Waals surface area contributed by atoms with Gasteiger partial charge in [-0.1, -0.05) is 0 Å². The fourth-order valence-corrected chi connectivity index (χ4v) is 1.63. The molecule has 0 aliphatic carbocycles. The number of rotatable bonds is 2. The molecule has 0 fully saturated rings. The molecule has 5 nitrogen and oxygen atoms in total. The lowest BCUT2D eigenvalue weighted by Crippen LogP contribution is -2.16. The van der Waals surface area contributed by atoms with Crippen molar-refractivity contribution in [1.29, 1.82) is 0 Å². The number of carboxylic acids is 1. The number of aromatic nitrogens is 1. The molecule has 0 saturated carbocycles. The topological polar surface area (TPSA) is 79.4 Å². The van der Waals surface area contributed by atoms with Gasteiger partial charge in [-0.15, -0.1) is 0 Å². The van der Waals surface area contributed by atoms with Gasteiger partial charge >= 0.3 is 5.97 Å². The first-order valence-electron chi connectivity index (χ1n) is 4.78. The van der Waals surface area contributed by atoms with Crippen LogP contribution in [0.4, 0.5) is 8.78 Å². The minimum absolute atomic E-state index is 0.0913. The number of benzene rings is 1. The van der Waals surface area contributed by atoms with E-state index >= 15 is 0 Å². The summed E-state index contributed by atoms with van der Waals surface area (Å²) in [7, 11) is 1.11. The Kier molecular flexibility index (Phi) is 2.74. The molecule has 2 N–H and O–H groups in total. The Labute approximate surface area is 98.6 Å². The number of fused-ring (bicyclic) bond motifs is 1. The maximum absolute atomic E-state index is 13.4. The fraction of sp³-hybridized carbons (Fsp3) is 0.0909. The van der Waals surface area contributed by atoms with Gasteiger partial charge in [-0.3, -0.25) is 4.79 Å². The zero-order valence-electron chi connectivity index (χ0n) is 9.08. The van der Waals surface area contributed by atoms with Gasteiger partial charge in [-0.25, -0.2) is 9.18 Å². The number of H-pyrrole nitrogens is 1. The van der Waals surface area contributed by atoms with Gasteiger partial charge < -0.3 is 14.8 Å². The van der Waals surface area contributed by atoms with Crippen LogP contribution in [0.3, 0.4) is 0 Å². The van der Waals surface area contributed by atoms with Gasteiger partial charge in [-0.05, 0) is 6.07 Å². The van der Waals surface area contributed by atoms with Crippen LogP contribution in [0.1, 0.15) is 10.4 Å². The Balaban J connectivity index is 2.97. The Morgan fingerprint density at radius 2 is 2.11 bits per heavy atom. The summed E-state index contributed by atoms with van der Waals surface area (Å²) in [4.78, 5) is 24.9. The first kappa shape index (κ1) is 12.0. The van der Waals surface area contributed by atoms with Crippen molar-refractivity contribution >= 4 is 16.9 Å². The highest BCUT2D eigenvalue weighted by Crippen LogP contribution is 2.27. The number of carbonyl (C=O) groups is 1. The summed E-state index contributed by atoms with van der Waals surface area (Å²) in [5.74, 6) is -4.46. The molecule has 0 aliphatic heterocycles. The van der Waals surface area contributed by atoms with E-state index < -0.39 is 34.3 Å². The van der Waals surface area contributed by atoms with Crippen LogP contribution in [0.5, 0.6) is 5.75 Å². The van der Waals surface area contributed by atoms with Gasteiger partial charge in [0.2, 0.25) is 11.2 Å². The maximum atomic E-state index is 13.4. The molecule has 0 unspecified atom stereocenters. The summed E-state index contributed by atoms with van der Waals surface area (Å²) in [5.41, 5.74) is -1.56. The van der Waals surface area contributed by atoms with E-state index in [-0.39, 0.29) is 10.9 Å². The first-order valence-corrected chi connectivity index (χ1v) is 4.78. The third-order valence-corrected chi connectivity index (χ3v) is 2.46. The van der Waals surface area contributed by atoms with E-state index in [4.69, 9.17) is 5.11 Å². The van der Waals surface area contributed by atoms with Gasteiger partial charge in [0.25, 0.3) is 0 Å². The molecule has 0 spiro atoms. The lowest BCUT2D eigenvalue weighted by atomic mass is 10.1. The summed E-state index contributed by atoms with van der Waals surface area (Å²) in [5, 5.41) is 8.47. The number of hydrogen-bond acceptors (Lipinski definition) is 3. The van der Waals surface area contributed by atoms with Crippen molar-refractivity contribution in [3.8, 4) is 5.75 Å². The van der Waals surface area contributed by atoms with Gasteiger partial charge in [0.15, 0.2) is 11.6 Å². The standard InChI is InChI=1S/C11H7F2NO4/c1-18-10-7(13)6(12)2-4-8(10)14-3-5(9(4)15)11(16)17/h2-3H,1H3,(H,14,15)(H,16,17). The van der Waals surface area contributed by atoms with Crippen LogP contribution in [0, 0.1) is 11.6 Å². The lowest BCUT2D eigenvalue weighted by Gasteiger charge is -2.07. The number of aromatic carboxylic acids is 1. The molecule has 0 saturated heterocycles. The monoisotopic (exact) mass is 255 g/mol. The van der Waals surface area contributed by atoms with Crippen LogP contribution < -0.4 is 10.2 Å². The Morgan fingerprint density at radius 3 is 2.67 bits per heavy atom. The highest BCUT2D eigenvalue weighted by molar-refractivity contribution is 5.93. The zero-order chi connectivity index (χ0) is 13.4. The van der Waals surface area contributed by atoms with Crippen molar-refractivity contribution in [1.82, 2.24) is 4.98 Å². The summed E-state index contributed by atoms with van der Waals surface area (Å²) in [6, 6.07) is 0.637. The molecule has 0 aliphatic rings. The quantitative estimate of drug-likeness (QED) is 0.852. The molecule has 1 aromatic carbocycles. The number of nitrogens with one attached hydrogen (secondary N) is 1. The average Bonchev–Trinajstić information content (AvgIpc) is 2.32. The molecule has 0 amide bonds. The molecular formula is C11H7F2NO4. The largest absolute Gasteiger partial charge is 0.491 e. The molecule has 0 atom stereocenters. The highest BCUT2D eigenvalue weighted by Gasteiger charge is 2.19. The van der Waals surface area contributed by atoms with Crippen LogP contribution in [0.15, 0.2) is 17.1 Å². The van der Waals surface area contributed by atoms with Crippen molar-refractivity contribution < 1.29 is 23.4 Å². The number of ether oxygens (including phenoxy) is 1. The van der Waals surface area contributed by atoms with Gasteiger partial charge in [0.05, 0.1) is 18.0 Å². The summed E-state index contributed by atoms with van der Waals surface area (Å²) >= 11 is 0. The van der Waals surface area contributed by atoms with Gasteiger partial charge in [0.1, 0.15) is 5.56 Å².